The molecule has 0 radical (unpaired) electrons. The summed E-state index contributed by atoms with van der Waals surface area (Å²) in [5, 5.41) is 0. The Labute approximate surface area is 160 Å². The van der Waals surface area contributed by atoms with Crippen molar-refractivity contribution < 1.29 is 18.7 Å². The molecule has 0 aromatic heterocycles. The molecule has 150 valence electrons. The van der Waals surface area contributed by atoms with E-state index in [1.54, 1.807) is 6.07 Å². The zero-order chi connectivity index (χ0) is 19.4. The topological polar surface area (TPSA) is 45.2 Å². The highest BCUT2D eigenvalue weighted by Crippen LogP contribution is 2.19. The second-order valence-corrected chi connectivity index (χ2v) is 7.58. The van der Waals surface area contributed by atoms with Crippen molar-refractivity contribution in [3.63, 3.8) is 0 Å². The van der Waals surface area contributed by atoms with Crippen molar-refractivity contribution >= 4 is 5.91 Å². The van der Waals surface area contributed by atoms with E-state index in [0.717, 1.165) is 31.7 Å². The molecule has 1 aromatic rings. The van der Waals surface area contributed by atoms with Crippen LogP contribution in [0.1, 0.15) is 19.4 Å². The van der Waals surface area contributed by atoms with E-state index in [2.05, 4.69) is 9.80 Å². The highest BCUT2D eigenvalue weighted by molar-refractivity contribution is 5.78. The number of morpholine rings is 1. The van der Waals surface area contributed by atoms with Gasteiger partial charge in [-0.1, -0.05) is 6.07 Å². The molecule has 2 saturated heterocycles. The summed E-state index contributed by atoms with van der Waals surface area (Å²) in [6, 6.07) is 5.11. The fourth-order valence-corrected chi connectivity index (χ4v) is 3.84. The first-order valence-electron chi connectivity index (χ1n) is 9.65. The molecule has 27 heavy (non-hydrogen) atoms. The largest absolute Gasteiger partial charge is 0.494 e. The Hall–Kier alpha value is -1.70. The minimum absolute atomic E-state index is 0.0967. The molecule has 0 bridgehead atoms. The number of amides is 1. The molecule has 0 spiro atoms. The molecular weight excluding hydrogens is 349 g/mol. The summed E-state index contributed by atoms with van der Waals surface area (Å²) >= 11 is 0. The number of carbonyl (C=O) groups is 1. The number of ether oxygens (including phenoxy) is 2. The van der Waals surface area contributed by atoms with Crippen LogP contribution in [0.3, 0.4) is 0 Å². The van der Waals surface area contributed by atoms with Gasteiger partial charge in [-0.15, -0.1) is 0 Å². The van der Waals surface area contributed by atoms with E-state index in [0.29, 0.717) is 26.2 Å². The summed E-state index contributed by atoms with van der Waals surface area (Å²) in [6.07, 6.45) is 0.193. The van der Waals surface area contributed by atoms with E-state index < -0.39 is 0 Å². The van der Waals surface area contributed by atoms with Gasteiger partial charge in [0.05, 0.1) is 25.9 Å². The first-order chi connectivity index (χ1) is 12.9. The Bertz CT molecular complexity index is 639. The van der Waals surface area contributed by atoms with Crippen LogP contribution >= 0.6 is 0 Å². The minimum atomic E-state index is -0.326. The van der Waals surface area contributed by atoms with E-state index in [1.165, 1.54) is 13.2 Å². The van der Waals surface area contributed by atoms with E-state index in [9.17, 15) is 9.18 Å². The molecule has 3 rings (SSSR count). The highest BCUT2D eigenvalue weighted by atomic mass is 19.1. The van der Waals surface area contributed by atoms with Gasteiger partial charge >= 0.3 is 0 Å². The summed E-state index contributed by atoms with van der Waals surface area (Å²) in [5.41, 5.74) is 0.939. The maximum absolute atomic E-state index is 13.8. The standard InChI is InChI=1S/C20H30FN3O3/c1-15-11-24(12-16(2)27-15)20(25)14-23-8-6-22(7-9-23)13-17-4-5-19(26-3)18(21)10-17/h4-5,10,15-16H,6-9,11-14H2,1-3H3. The van der Waals surface area contributed by atoms with Gasteiger partial charge in [-0.25, -0.2) is 4.39 Å². The van der Waals surface area contributed by atoms with Crippen LogP contribution in [0.25, 0.3) is 0 Å². The van der Waals surface area contributed by atoms with Crippen LogP contribution in [0, 0.1) is 5.82 Å². The summed E-state index contributed by atoms with van der Waals surface area (Å²) in [4.78, 5) is 19.0. The Morgan fingerprint density at radius 1 is 1.15 bits per heavy atom. The van der Waals surface area contributed by atoms with Crippen molar-refractivity contribution in [3.05, 3.63) is 29.6 Å². The van der Waals surface area contributed by atoms with E-state index >= 15 is 0 Å². The predicted octanol–water partition coefficient (Wildman–Crippen LogP) is 1.59. The van der Waals surface area contributed by atoms with Crippen molar-refractivity contribution in [3.8, 4) is 5.75 Å². The van der Waals surface area contributed by atoms with Crippen LogP contribution in [0.4, 0.5) is 4.39 Å². The Morgan fingerprint density at radius 2 is 1.78 bits per heavy atom. The average Bonchev–Trinajstić information content (AvgIpc) is 2.63. The third kappa shape index (κ3) is 5.40. The fraction of sp³-hybridized carbons (Fsp3) is 0.650. The number of piperazine rings is 1. The molecule has 2 unspecified atom stereocenters. The van der Waals surface area contributed by atoms with Crippen molar-refractivity contribution in [2.75, 3.05) is 52.9 Å². The molecule has 2 aliphatic heterocycles. The van der Waals surface area contributed by atoms with Gasteiger partial charge in [0, 0.05) is 45.8 Å². The quantitative estimate of drug-likeness (QED) is 0.778. The number of halogens is 1. The summed E-state index contributed by atoms with van der Waals surface area (Å²) in [5.74, 6) is 0.129. The van der Waals surface area contributed by atoms with Crippen LogP contribution < -0.4 is 4.74 Å². The van der Waals surface area contributed by atoms with Crippen molar-refractivity contribution in [1.82, 2.24) is 14.7 Å². The van der Waals surface area contributed by atoms with Crippen LogP contribution in [0.2, 0.25) is 0 Å². The molecule has 6 nitrogen and oxygen atoms in total. The smallest absolute Gasteiger partial charge is 0.236 e. The lowest BCUT2D eigenvalue weighted by Gasteiger charge is -2.38. The van der Waals surface area contributed by atoms with Gasteiger partial charge < -0.3 is 14.4 Å². The number of methoxy groups -OCH3 is 1. The summed E-state index contributed by atoms with van der Waals surface area (Å²) in [7, 11) is 1.47. The Morgan fingerprint density at radius 3 is 2.37 bits per heavy atom. The van der Waals surface area contributed by atoms with Gasteiger partial charge in [0.25, 0.3) is 0 Å². The van der Waals surface area contributed by atoms with E-state index in [4.69, 9.17) is 9.47 Å². The second-order valence-electron chi connectivity index (χ2n) is 7.58. The maximum Gasteiger partial charge on any atom is 0.236 e. The molecule has 1 amide bonds. The number of benzene rings is 1. The van der Waals surface area contributed by atoms with Crippen molar-refractivity contribution in [1.29, 1.82) is 0 Å². The molecule has 2 aliphatic rings. The molecule has 0 saturated carbocycles. The van der Waals surface area contributed by atoms with E-state index in [-0.39, 0.29) is 29.7 Å². The van der Waals surface area contributed by atoms with Gasteiger partial charge in [-0.3, -0.25) is 14.6 Å². The highest BCUT2D eigenvalue weighted by Gasteiger charge is 2.27. The van der Waals surface area contributed by atoms with Crippen LogP contribution in [-0.4, -0.2) is 85.7 Å². The molecule has 0 N–H and O–H groups in total. The number of nitrogens with zero attached hydrogens (tertiary/aromatic N) is 3. The minimum Gasteiger partial charge on any atom is -0.494 e. The lowest BCUT2D eigenvalue weighted by molar-refractivity contribution is -0.144. The number of hydrogen-bond donors (Lipinski definition) is 0. The monoisotopic (exact) mass is 379 g/mol. The molecule has 0 aliphatic carbocycles. The zero-order valence-electron chi connectivity index (χ0n) is 16.5. The molecular formula is C20H30FN3O3. The Kier molecular flexibility index (Phi) is 6.68. The maximum atomic E-state index is 13.8. The molecule has 2 atom stereocenters. The first kappa shape index (κ1) is 20.0. The summed E-state index contributed by atoms with van der Waals surface area (Å²) < 4.78 is 24.5. The molecule has 2 heterocycles. The SMILES string of the molecule is COc1ccc(CN2CCN(CC(=O)N3CC(C)OC(C)C3)CC2)cc1F. The predicted molar refractivity (Wildman–Crippen MR) is 101 cm³/mol. The lowest BCUT2D eigenvalue weighted by atomic mass is 10.1. The lowest BCUT2D eigenvalue weighted by Crippen LogP contribution is -2.53. The normalized spacial score (nSPS) is 24.8. The van der Waals surface area contributed by atoms with Gasteiger partial charge in [0.2, 0.25) is 5.91 Å². The van der Waals surface area contributed by atoms with Crippen LogP contribution in [0.15, 0.2) is 18.2 Å². The van der Waals surface area contributed by atoms with Crippen LogP contribution in [0.5, 0.6) is 5.75 Å². The van der Waals surface area contributed by atoms with Gasteiger partial charge in [0.1, 0.15) is 0 Å². The van der Waals surface area contributed by atoms with Gasteiger partial charge in [0.15, 0.2) is 11.6 Å². The molecule has 2 fully saturated rings. The fourth-order valence-electron chi connectivity index (χ4n) is 3.84. The van der Waals surface area contributed by atoms with Crippen LogP contribution in [-0.2, 0) is 16.1 Å². The van der Waals surface area contributed by atoms with Crippen molar-refractivity contribution in [2.24, 2.45) is 0 Å². The first-order valence-corrected chi connectivity index (χ1v) is 9.65. The van der Waals surface area contributed by atoms with Crippen molar-refractivity contribution in [2.45, 2.75) is 32.6 Å². The number of hydrogen-bond acceptors (Lipinski definition) is 5. The Balaban J connectivity index is 1.45. The zero-order valence-corrected chi connectivity index (χ0v) is 16.5. The number of carbonyl (C=O) groups excluding carboxylic acids is 1. The third-order valence-electron chi connectivity index (χ3n) is 5.22. The van der Waals surface area contributed by atoms with Gasteiger partial charge in [-0.05, 0) is 31.5 Å². The van der Waals surface area contributed by atoms with Gasteiger partial charge in [-0.2, -0.15) is 0 Å². The average molecular weight is 379 g/mol. The molecule has 1 aromatic carbocycles. The molecule has 7 heteroatoms. The third-order valence-corrected chi connectivity index (χ3v) is 5.22. The number of rotatable bonds is 5. The second kappa shape index (κ2) is 8.99. The van der Waals surface area contributed by atoms with E-state index in [1.807, 2.05) is 24.8 Å². The summed E-state index contributed by atoms with van der Waals surface area (Å²) in [6.45, 7) is 9.98.